The second kappa shape index (κ2) is 7.84. The number of hydrogen-bond acceptors (Lipinski definition) is 5. The molecule has 4 aromatic rings. The van der Waals surface area contributed by atoms with Gasteiger partial charge >= 0.3 is 6.09 Å². The van der Waals surface area contributed by atoms with Crippen molar-refractivity contribution in [3.05, 3.63) is 53.2 Å². The van der Waals surface area contributed by atoms with Gasteiger partial charge in [-0.2, -0.15) is 5.10 Å². The number of hydrogen-bond donors (Lipinski definition) is 3. The summed E-state index contributed by atoms with van der Waals surface area (Å²) < 4.78 is 1.89. The number of rotatable bonds is 4. The Balaban J connectivity index is 1.44. The van der Waals surface area contributed by atoms with E-state index in [0.717, 1.165) is 34.0 Å². The molecule has 0 atom stereocenters. The average Bonchev–Trinajstić information content (AvgIpc) is 3.58. The van der Waals surface area contributed by atoms with E-state index in [-0.39, 0.29) is 11.5 Å². The fourth-order valence-corrected chi connectivity index (χ4v) is 5.77. The number of thiophene rings is 1. The third-order valence-corrected chi connectivity index (χ3v) is 7.56. The van der Waals surface area contributed by atoms with Gasteiger partial charge in [-0.15, -0.1) is 11.3 Å². The summed E-state index contributed by atoms with van der Waals surface area (Å²) in [6.45, 7) is 1.62. The van der Waals surface area contributed by atoms with Crippen LogP contribution in [0, 0.1) is 5.92 Å². The van der Waals surface area contributed by atoms with Crippen LogP contribution in [0.2, 0.25) is 0 Å². The van der Waals surface area contributed by atoms with Gasteiger partial charge in [-0.25, -0.2) is 4.79 Å². The number of benzene rings is 1. The van der Waals surface area contributed by atoms with Crippen molar-refractivity contribution < 1.29 is 19.5 Å². The molecule has 9 nitrogen and oxygen atoms in total. The number of para-hydroxylation sites is 1. The van der Waals surface area contributed by atoms with E-state index in [1.54, 1.807) is 6.20 Å². The lowest BCUT2D eigenvalue weighted by atomic mass is 9.97. The Morgan fingerprint density at radius 2 is 1.85 bits per heavy atom. The standard InChI is InChI=1S/C24H21N5O4S/c30-21-18(16-11-25-23-14(16)7-10-34-23)19(22(31)26-21)20-15-3-1-2-4-17(15)29(27-20)12-13-5-8-28(9-6-13)24(32)33/h1-4,7,10-11,13,25H,5-6,8-9,12H2,(H,32,33)(H,26,30,31). The predicted molar refractivity (Wildman–Crippen MR) is 128 cm³/mol. The first-order chi connectivity index (χ1) is 16.5. The van der Waals surface area contributed by atoms with Gasteiger partial charge < -0.3 is 15.0 Å². The molecule has 0 radical (unpaired) electrons. The Kier molecular flexibility index (Phi) is 4.77. The van der Waals surface area contributed by atoms with Gasteiger partial charge in [-0.3, -0.25) is 19.6 Å². The van der Waals surface area contributed by atoms with Crippen LogP contribution in [0.5, 0.6) is 0 Å². The van der Waals surface area contributed by atoms with Gasteiger partial charge in [-0.05, 0) is 36.3 Å². The van der Waals surface area contributed by atoms with Crippen molar-refractivity contribution in [3.63, 3.8) is 0 Å². The van der Waals surface area contributed by atoms with Crippen LogP contribution in [0.15, 0.2) is 41.9 Å². The molecule has 34 heavy (non-hydrogen) atoms. The molecule has 0 unspecified atom stereocenters. The van der Waals surface area contributed by atoms with Crippen molar-refractivity contribution in [2.75, 3.05) is 13.1 Å². The molecule has 172 valence electrons. The van der Waals surface area contributed by atoms with Crippen molar-refractivity contribution in [1.29, 1.82) is 0 Å². The molecular formula is C24H21N5O4S. The maximum Gasteiger partial charge on any atom is 0.407 e. The zero-order chi connectivity index (χ0) is 23.4. The number of aromatic nitrogens is 3. The van der Waals surface area contributed by atoms with Crippen LogP contribution >= 0.6 is 11.3 Å². The van der Waals surface area contributed by atoms with E-state index in [1.165, 1.54) is 16.2 Å². The van der Waals surface area contributed by atoms with E-state index in [4.69, 9.17) is 5.10 Å². The van der Waals surface area contributed by atoms with Crippen molar-refractivity contribution in [2.24, 2.45) is 5.92 Å². The number of aromatic amines is 1. The lowest BCUT2D eigenvalue weighted by molar-refractivity contribution is -0.122. The molecule has 0 aliphatic carbocycles. The van der Waals surface area contributed by atoms with E-state index in [9.17, 15) is 19.5 Å². The highest BCUT2D eigenvalue weighted by Crippen LogP contribution is 2.38. The lowest BCUT2D eigenvalue weighted by Crippen LogP contribution is -2.38. The van der Waals surface area contributed by atoms with Gasteiger partial charge in [0, 0.05) is 42.2 Å². The summed E-state index contributed by atoms with van der Waals surface area (Å²) >= 11 is 1.54. The van der Waals surface area contributed by atoms with E-state index < -0.39 is 17.9 Å². The van der Waals surface area contributed by atoms with Crippen LogP contribution in [0.25, 0.3) is 32.3 Å². The largest absolute Gasteiger partial charge is 0.465 e. The summed E-state index contributed by atoms with van der Waals surface area (Å²) in [5.74, 6) is -0.601. The molecule has 3 amide bonds. The number of amides is 3. The smallest absolute Gasteiger partial charge is 0.407 e. The maximum atomic E-state index is 13.0. The molecule has 0 saturated carbocycles. The first-order valence-electron chi connectivity index (χ1n) is 11.1. The summed E-state index contributed by atoms with van der Waals surface area (Å²) in [5, 5.41) is 20.2. The van der Waals surface area contributed by atoms with Crippen LogP contribution in [-0.2, 0) is 16.1 Å². The molecule has 0 bridgehead atoms. The number of nitrogens with one attached hydrogen (secondary N) is 2. The van der Waals surface area contributed by atoms with Gasteiger partial charge in [0.05, 0.1) is 16.7 Å². The molecule has 2 aliphatic heterocycles. The fourth-order valence-electron chi connectivity index (χ4n) is 5.00. The first kappa shape index (κ1) is 20.7. The highest BCUT2D eigenvalue weighted by molar-refractivity contribution is 7.16. The Labute approximate surface area is 197 Å². The van der Waals surface area contributed by atoms with Gasteiger partial charge in [0.2, 0.25) is 0 Å². The number of carboxylic acid groups (broad SMARTS) is 1. The van der Waals surface area contributed by atoms with E-state index in [2.05, 4.69) is 10.3 Å². The number of fused-ring (bicyclic) bond motifs is 2. The van der Waals surface area contributed by atoms with Crippen molar-refractivity contribution in [3.8, 4) is 0 Å². The molecule has 10 heteroatoms. The minimum absolute atomic E-state index is 0.273. The molecule has 0 spiro atoms. The number of carbonyl (C=O) groups is 3. The maximum absolute atomic E-state index is 13.0. The van der Waals surface area contributed by atoms with Crippen LogP contribution in [-0.4, -0.2) is 55.8 Å². The topological polar surface area (TPSA) is 120 Å². The summed E-state index contributed by atoms with van der Waals surface area (Å²) in [6.07, 6.45) is 2.39. The monoisotopic (exact) mass is 475 g/mol. The van der Waals surface area contributed by atoms with Gasteiger partial charge in [0.15, 0.2) is 0 Å². The fraction of sp³-hybridized carbons (Fsp3) is 0.250. The second-order valence-electron chi connectivity index (χ2n) is 8.66. The van der Waals surface area contributed by atoms with E-state index >= 15 is 0 Å². The van der Waals surface area contributed by atoms with Gasteiger partial charge in [-0.1, -0.05) is 18.2 Å². The van der Waals surface area contributed by atoms with Crippen molar-refractivity contribution in [1.82, 2.24) is 25.0 Å². The molecular weight excluding hydrogens is 454 g/mol. The van der Waals surface area contributed by atoms with Crippen LogP contribution in [0.1, 0.15) is 24.1 Å². The van der Waals surface area contributed by atoms with Crippen LogP contribution < -0.4 is 5.32 Å². The zero-order valence-corrected chi connectivity index (χ0v) is 18.9. The third-order valence-electron chi connectivity index (χ3n) is 6.71. The molecule has 2 aliphatic rings. The predicted octanol–water partition coefficient (Wildman–Crippen LogP) is 3.54. The van der Waals surface area contributed by atoms with Crippen LogP contribution in [0.3, 0.4) is 0 Å². The van der Waals surface area contributed by atoms with Crippen LogP contribution in [0.4, 0.5) is 4.79 Å². The lowest BCUT2D eigenvalue weighted by Gasteiger charge is -2.29. The molecule has 3 N–H and O–H groups in total. The molecule has 6 rings (SSSR count). The molecule has 1 saturated heterocycles. The number of carbonyl (C=O) groups excluding carboxylic acids is 2. The summed E-state index contributed by atoms with van der Waals surface area (Å²) in [6, 6.07) is 9.63. The summed E-state index contributed by atoms with van der Waals surface area (Å²) in [5.41, 5.74) is 2.68. The number of nitrogens with zero attached hydrogens (tertiary/aromatic N) is 3. The number of imide groups is 1. The average molecular weight is 476 g/mol. The SMILES string of the molecule is O=C1NC(=O)C(c2nn(CC3CCN(C(=O)O)CC3)c3ccccc23)=C1c1c[nH]c2sccc12. The van der Waals surface area contributed by atoms with E-state index in [1.807, 2.05) is 40.4 Å². The van der Waals surface area contributed by atoms with Gasteiger partial charge in [0.25, 0.3) is 11.8 Å². The quantitative estimate of drug-likeness (QED) is 0.390. The first-order valence-corrected chi connectivity index (χ1v) is 12.0. The number of likely N-dealkylation sites (tertiary alicyclic amines) is 1. The Hall–Kier alpha value is -3.92. The third kappa shape index (κ3) is 3.21. The Bertz CT molecular complexity index is 1500. The molecule has 3 aromatic heterocycles. The Morgan fingerprint density at radius 1 is 1.09 bits per heavy atom. The van der Waals surface area contributed by atoms with Crippen molar-refractivity contribution >= 4 is 61.5 Å². The Morgan fingerprint density at radius 3 is 2.65 bits per heavy atom. The highest BCUT2D eigenvalue weighted by Gasteiger charge is 2.36. The summed E-state index contributed by atoms with van der Waals surface area (Å²) in [4.78, 5) is 42.7. The zero-order valence-electron chi connectivity index (χ0n) is 18.1. The molecule has 5 heterocycles. The minimum Gasteiger partial charge on any atom is -0.465 e. The van der Waals surface area contributed by atoms with E-state index in [0.29, 0.717) is 36.5 Å². The minimum atomic E-state index is -0.883. The number of H-pyrrole nitrogens is 1. The van der Waals surface area contributed by atoms with Crippen molar-refractivity contribution in [2.45, 2.75) is 19.4 Å². The molecule has 1 fully saturated rings. The highest BCUT2D eigenvalue weighted by atomic mass is 32.1. The van der Waals surface area contributed by atoms with Gasteiger partial charge in [0.1, 0.15) is 10.5 Å². The summed E-state index contributed by atoms with van der Waals surface area (Å²) in [7, 11) is 0. The molecule has 1 aromatic carbocycles. The number of piperidine rings is 1. The normalized spacial score (nSPS) is 17.4. The second-order valence-corrected chi connectivity index (χ2v) is 9.58.